The average Bonchev–Trinajstić information content (AvgIpc) is 3.48. The zero-order chi connectivity index (χ0) is 19.8. The first-order chi connectivity index (χ1) is 14.2. The van der Waals surface area contributed by atoms with E-state index in [1.165, 1.54) is 0 Å². The molecule has 4 heterocycles. The molecule has 5 rings (SSSR count). The standard InChI is InChI=1S/C21H22N8/c1-14-13-15(2)29(27-14)19-11-10-18(23-24-19)28-12-6-9-17(28)21-22-20(25-26-21)16-7-4-3-5-8-16/h3-5,7-8,10-11,13,17H,6,9,12H2,1-2H3,(H,22,25,26)/t17-/m1/s1. The topological polar surface area (TPSA) is 88.4 Å². The van der Waals surface area contributed by atoms with Gasteiger partial charge in [0.25, 0.3) is 0 Å². The van der Waals surface area contributed by atoms with Gasteiger partial charge in [0.2, 0.25) is 0 Å². The Kier molecular flexibility index (Phi) is 4.31. The summed E-state index contributed by atoms with van der Waals surface area (Å²) in [5.74, 6) is 3.15. The van der Waals surface area contributed by atoms with Gasteiger partial charge in [0.1, 0.15) is 5.82 Å². The van der Waals surface area contributed by atoms with Crippen LogP contribution in [0.2, 0.25) is 0 Å². The fourth-order valence-corrected chi connectivity index (χ4v) is 3.91. The number of aromatic nitrogens is 7. The largest absolute Gasteiger partial charge is 0.345 e. The summed E-state index contributed by atoms with van der Waals surface area (Å²) in [6, 6.07) is 16.1. The molecule has 1 aliphatic heterocycles. The van der Waals surface area contributed by atoms with Crippen LogP contribution in [-0.4, -0.2) is 41.7 Å². The van der Waals surface area contributed by atoms with E-state index >= 15 is 0 Å². The highest BCUT2D eigenvalue weighted by Gasteiger charge is 2.30. The van der Waals surface area contributed by atoms with Crippen molar-refractivity contribution in [3.05, 3.63) is 65.7 Å². The summed E-state index contributed by atoms with van der Waals surface area (Å²) in [6.07, 6.45) is 2.08. The third-order valence-electron chi connectivity index (χ3n) is 5.26. The number of benzene rings is 1. The number of aromatic amines is 1. The van der Waals surface area contributed by atoms with Crippen molar-refractivity contribution in [1.29, 1.82) is 0 Å². The smallest absolute Gasteiger partial charge is 0.181 e. The van der Waals surface area contributed by atoms with Crippen LogP contribution in [0.25, 0.3) is 17.2 Å². The number of aryl methyl sites for hydroxylation is 2. The average molecular weight is 386 g/mol. The molecule has 1 fully saturated rings. The van der Waals surface area contributed by atoms with Crippen molar-refractivity contribution < 1.29 is 0 Å². The number of H-pyrrole nitrogens is 1. The number of hydrogen-bond acceptors (Lipinski definition) is 6. The molecule has 3 aromatic heterocycles. The minimum absolute atomic E-state index is 0.119. The Hall–Kier alpha value is -3.55. The van der Waals surface area contributed by atoms with Gasteiger partial charge in [-0.1, -0.05) is 30.3 Å². The van der Waals surface area contributed by atoms with Gasteiger partial charge >= 0.3 is 0 Å². The van der Waals surface area contributed by atoms with Crippen LogP contribution in [-0.2, 0) is 0 Å². The first-order valence-corrected chi connectivity index (χ1v) is 9.81. The molecule has 0 radical (unpaired) electrons. The quantitative estimate of drug-likeness (QED) is 0.578. The zero-order valence-corrected chi connectivity index (χ0v) is 16.4. The second kappa shape index (κ2) is 7.12. The molecule has 1 saturated heterocycles. The zero-order valence-electron chi connectivity index (χ0n) is 16.4. The number of nitrogens with zero attached hydrogens (tertiary/aromatic N) is 7. The van der Waals surface area contributed by atoms with E-state index in [9.17, 15) is 0 Å². The molecule has 4 aromatic rings. The molecule has 0 spiro atoms. The molecule has 0 saturated carbocycles. The summed E-state index contributed by atoms with van der Waals surface area (Å²) in [6.45, 7) is 4.90. The van der Waals surface area contributed by atoms with Gasteiger partial charge in [0.05, 0.1) is 11.7 Å². The van der Waals surface area contributed by atoms with Crippen LogP contribution in [0, 0.1) is 13.8 Å². The first-order valence-electron chi connectivity index (χ1n) is 9.81. The summed E-state index contributed by atoms with van der Waals surface area (Å²) in [7, 11) is 0. The van der Waals surface area contributed by atoms with Crippen molar-refractivity contribution in [2.24, 2.45) is 0 Å². The third-order valence-corrected chi connectivity index (χ3v) is 5.26. The molecule has 0 bridgehead atoms. The highest BCUT2D eigenvalue weighted by atomic mass is 15.4. The number of anilines is 1. The Morgan fingerprint density at radius 3 is 2.52 bits per heavy atom. The van der Waals surface area contributed by atoms with Crippen LogP contribution in [0.1, 0.15) is 36.1 Å². The summed E-state index contributed by atoms with van der Waals surface area (Å²) < 4.78 is 1.82. The Morgan fingerprint density at radius 2 is 1.79 bits per heavy atom. The van der Waals surface area contributed by atoms with Gasteiger partial charge < -0.3 is 4.90 Å². The van der Waals surface area contributed by atoms with E-state index in [0.717, 1.165) is 59.6 Å². The van der Waals surface area contributed by atoms with Crippen molar-refractivity contribution in [1.82, 2.24) is 35.2 Å². The third kappa shape index (κ3) is 3.26. The molecule has 0 aliphatic carbocycles. The molecule has 8 heteroatoms. The predicted molar refractivity (Wildman–Crippen MR) is 110 cm³/mol. The molecule has 0 unspecified atom stereocenters. The lowest BCUT2D eigenvalue weighted by molar-refractivity contribution is 0.658. The van der Waals surface area contributed by atoms with E-state index in [1.54, 1.807) is 0 Å². The maximum Gasteiger partial charge on any atom is 0.181 e. The summed E-state index contributed by atoms with van der Waals surface area (Å²) in [5.41, 5.74) is 3.01. The van der Waals surface area contributed by atoms with Crippen LogP contribution < -0.4 is 4.90 Å². The van der Waals surface area contributed by atoms with Crippen molar-refractivity contribution in [3.8, 4) is 17.2 Å². The molecule has 1 N–H and O–H groups in total. The van der Waals surface area contributed by atoms with E-state index < -0.39 is 0 Å². The van der Waals surface area contributed by atoms with Gasteiger partial charge in [-0.25, -0.2) is 9.67 Å². The van der Waals surface area contributed by atoms with Crippen molar-refractivity contribution in [3.63, 3.8) is 0 Å². The molecule has 0 amide bonds. The lowest BCUT2D eigenvalue weighted by Gasteiger charge is -2.23. The van der Waals surface area contributed by atoms with E-state index in [-0.39, 0.29) is 6.04 Å². The highest BCUT2D eigenvalue weighted by molar-refractivity contribution is 5.54. The van der Waals surface area contributed by atoms with Crippen LogP contribution in [0.5, 0.6) is 0 Å². The fourth-order valence-electron chi connectivity index (χ4n) is 3.91. The molecule has 146 valence electrons. The maximum absolute atomic E-state index is 4.75. The van der Waals surface area contributed by atoms with E-state index in [2.05, 4.69) is 30.4 Å². The van der Waals surface area contributed by atoms with Gasteiger partial charge in [0, 0.05) is 17.8 Å². The van der Waals surface area contributed by atoms with Gasteiger partial charge in [-0.05, 0) is 44.9 Å². The van der Waals surface area contributed by atoms with Crippen LogP contribution in [0.3, 0.4) is 0 Å². The molecule has 1 aliphatic rings. The van der Waals surface area contributed by atoms with E-state index in [1.807, 2.05) is 67.1 Å². The first kappa shape index (κ1) is 17.5. The molecule has 1 aromatic carbocycles. The fraction of sp³-hybridized carbons (Fsp3) is 0.286. The molecule has 29 heavy (non-hydrogen) atoms. The number of hydrogen-bond donors (Lipinski definition) is 1. The van der Waals surface area contributed by atoms with Crippen molar-refractivity contribution in [2.75, 3.05) is 11.4 Å². The molecular formula is C21H22N8. The van der Waals surface area contributed by atoms with Crippen LogP contribution in [0.15, 0.2) is 48.5 Å². The van der Waals surface area contributed by atoms with Crippen LogP contribution in [0.4, 0.5) is 5.82 Å². The molecule has 1 atom stereocenters. The predicted octanol–water partition coefficient (Wildman–Crippen LogP) is 3.41. The SMILES string of the molecule is Cc1cc(C)n(-c2ccc(N3CCC[C@@H]3c3nc(-c4ccccc4)n[nH]3)nn2)n1. The summed E-state index contributed by atoms with van der Waals surface area (Å²) in [5, 5.41) is 20.9. The highest BCUT2D eigenvalue weighted by Crippen LogP contribution is 2.34. The van der Waals surface area contributed by atoms with Crippen LogP contribution >= 0.6 is 0 Å². The second-order valence-corrected chi connectivity index (χ2v) is 7.35. The van der Waals surface area contributed by atoms with Gasteiger partial charge in [0.15, 0.2) is 17.5 Å². The normalized spacial score (nSPS) is 16.5. The Morgan fingerprint density at radius 1 is 1.00 bits per heavy atom. The Balaban J connectivity index is 1.40. The number of nitrogens with one attached hydrogen (secondary N) is 1. The van der Waals surface area contributed by atoms with Crippen molar-refractivity contribution in [2.45, 2.75) is 32.7 Å². The van der Waals surface area contributed by atoms with Gasteiger partial charge in [-0.3, -0.25) is 5.10 Å². The van der Waals surface area contributed by atoms with Gasteiger partial charge in [-0.15, -0.1) is 10.2 Å². The molecule has 8 nitrogen and oxygen atoms in total. The maximum atomic E-state index is 4.75. The number of rotatable bonds is 4. The lowest BCUT2D eigenvalue weighted by atomic mass is 10.2. The monoisotopic (exact) mass is 386 g/mol. The van der Waals surface area contributed by atoms with Gasteiger partial charge in [-0.2, -0.15) is 10.2 Å². The Bertz CT molecular complexity index is 1110. The van der Waals surface area contributed by atoms with E-state index in [4.69, 9.17) is 4.98 Å². The molecular weight excluding hydrogens is 364 g/mol. The lowest BCUT2D eigenvalue weighted by Crippen LogP contribution is -2.25. The second-order valence-electron chi connectivity index (χ2n) is 7.35. The minimum atomic E-state index is 0.119. The Labute approximate surface area is 168 Å². The van der Waals surface area contributed by atoms with E-state index in [0.29, 0.717) is 0 Å². The summed E-state index contributed by atoms with van der Waals surface area (Å²) >= 11 is 0. The summed E-state index contributed by atoms with van der Waals surface area (Å²) in [4.78, 5) is 6.99. The van der Waals surface area contributed by atoms with Crippen molar-refractivity contribution >= 4 is 5.82 Å². The minimum Gasteiger partial charge on any atom is -0.345 e.